The zero-order chi connectivity index (χ0) is 11.4. The van der Waals surface area contributed by atoms with E-state index in [9.17, 15) is 0 Å². The summed E-state index contributed by atoms with van der Waals surface area (Å²) in [7, 11) is 0. The van der Waals surface area contributed by atoms with Crippen molar-refractivity contribution in [3.05, 3.63) is 47.0 Å². The third-order valence-corrected chi connectivity index (χ3v) is 2.86. The molecule has 0 fully saturated rings. The first-order valence-electron chi connectivity index (χ1n) is 5.74. The van der Waals surface area contributed by atoms with Crippen LogP contribution in [0.25, 0.3) is 0 Å². The molecule has 0 amide bonds. The van der Waals surface area contributed by atoms with Crippen LogP contribution in [0.4, 0.5) is 0 Å². The number of hydrogen-bond donors (Lipinski definition) is 0. The molecule has 0 radical (unpaired) electrons. The molecular weight excluding hydrogens is 180 g/mol. The predicted octanol–water partition coefficient (Wildman–Crippen LogP) is 4.63. The van der Waals surface area contributed by atoms with E-state index in [1.807, 2.05) is 0 Å². The number of allylic oxidation sites excluding steroid dienone is 1. The molecule has 0 saturated carbocycles. The minimum absolute atomic E-state index is 0.620. The molecule has 15 heavy (non-hydrogen) atoms. The average Bonchev–Trinajstić information content (AvgIpc) is 2.16. The second-order valence-electron chi connectivity index (χ2n) is 4.80. The minimum atomic E-state index is 0.620. The fourth-order valence-corrected chi connectivity index (χ4v) is 1.67. The molecule has 0 unspecified atom stereocenters. The van der Waals surface area contributed by atoms with Gasteiger partial charge in [0.25, 0.3) is 0 Å². The molecule has 1 aromatic carbocycles. The number of rotatable bonds is 4. The van der Waals surface area contributed by atoms with E-state index in [0.29, 0.717) is 5.92 Å². The topological polar surface area (TPSA) is 0 Å². The smallest absolute Gasteiger partial charge is 0.0219 e. The zero-order valence-electron chi connectivity index (χ0n) is 10.4. The maximum Gasteiger partial charge on any atom is -0.0219 e. The molecule has 0 aliphatic carbocycles. The molecule has 0 aliphatic rings. The summed E-state index contributed by atoms with van der Waals surface area (Å²) in [5.41, 5.74) is 5.59. The van der Waals surface area contributed by atoms with Gasteiger partial charge in [-0.05, 0) is 49.3 Å². The largest absolute Gasteiger partial charge is 0.100 e. The Morgan fingerprint density at radius 2 is 2.00 bits per heavy atom. The first-order valence-corrected chi connectivity index (χ1v) is 5.74. The van der Waals surface area contributed by atoms with Crippen molar-refractivity contribution in [3.63, 3.8) is 0 Å². The Labute approximate surface area is 94.0 Å². The summed E-state index contributed by atoms with van der Waals surface area (Å²) in [6.07, 6.45) is 2.23. The summed E-state index contributed by atoms with van der Waals surface area (Å²) in [5.74, 6) is 0.620. The van der Waals surface area contributed by atoms with Crippen LogP contribution in [0, 0.1) is 6.92 Å². The second kappa shape index (κ2) is 5.16. The van der Waals surface area contributed by atoms with Crippen molar-refractivity contribution in [2.24, 2.45) is 0 Å². The van der Waals surface area contributed by atoms with Gasteiger partial charge < -0.3 is 0 Å². The van der Waals surface area contributed by atoms with Crippen LogP contribution in [0.15, 0.2) is 30.4 Å². The molecule has 0 aromatic heterocycles. The molecule has 1 rings (SSSR count). The van der Waals surface area contributed by atoms with E-state index >= 15 is 0 Å². The normalized spacial score (nSPS) is 10.7. The molecule has 0 nitrogen and oxygen atoms in total. The average molecular weight is 202 g/mol. The van der Waals surface area contributed by atoms with Crippen LogP contribution < -0.4 is 0 Å². The van der Waals surface area contributed by atoms with E-state index in [1.54, 1.807) is 0 Å². The van der Waals surface area contributed by atoms with Crippen LogP contribution in [0.3, 0.4) is 0 Å². The van der Waals surface area contributed by atoms with Gasteiger partial charge in [-0.25, -0.2) is 0 Å². The molecule has 0 aliphatic heterocycles. The number of hydrogen-bond acceptors (Lipinski definition) is 0. The minimum Gasteiger partial charge on any atom is -0.100 e. The van der Waals surface area contributed by atoms with Crippen molar-refractivity contribution in [2.45, 2.75) is 46.5 Å². The highest BCUT2D eigenvalue weighted by molar-refractivity contribution is 5.33. The molecule has 82 valence electrons. The van der Waals surface area contributed by atoms with Crippen LogP contribution in [0.1, 0.15) is 49.8 Å². The van der Waals surface area contributed by atoms with Crippen molar-refractivity contribution in [1.29, 1.82) is 0 Å². The summed E-state index contributed by atoms with van der Waals surface area (Å²) in [4.78, 5) is 0. The van der Waals surface area contributed by atoms with Crippen LogP contribution in [-0.2, 0) is 6.42 Å². The van der Waals surface area contributed by atoms with Crippen LogP contribution in [0.2, 0.25) is 0 Å². The first-order chi connectivity index (χ1) is 7.00. The summed E-state index contributed by atoms with van der Waals surface area (Å²) in [5, 5.41) is 0. The fraction of sp³-hybridized carbons (Fsp3) is 0.467. The number of benzene rings is 1. The molecule has 0 bridgehead atoms. The maximum atomic E-state index is 3.96. The van der Waals surface area contributed by atoms with Gasteiger partial charge in [0.2, 0.25) is 0 Å². The van der Waals surface area contributed by atoms with Crippen LogP contribution in [0.5, 0.6) is 0 Å². The van der Waals surface area contributed by atoms with Crippen LogP contribution in [-0.4, -0.2) is 0 Å². The Hall–Kier alpha value is -1.04. The van der Waals surface area contributed by atoms with Gasteiger partial charge in [-0.3, -0.25) is 0 Å². The van der Waals surface area contributed by atoms with Gasteiger partial charge in [-0.2, -0.15) is 0 Å². The number of aryl methyl sites for hydroxylation is 2. The van der Waals surface area contributed by atoms with E-state index < -0.39 is 0 Å². The predicted molar refractivity (Wildman–Crippen MR) is 68.4 cm³/mol. The van der Waals surface area contributed by atoms with Crippen LogP contribution >= 0.6 is 0 Å². The van der Waals surface area contributed by atoms with E-state index in [-0.39, 0.29) is 0 Å². The van der Waals surface area contributed by atoms with E-state index in [4.69, 9.17) is 0 Å². The molecule has 0 spiro atoms. The lowest BCUT2D eigenvalue weighted by Crippen LogP contribution is -1.95. The van der Waals surface area contributed by atoms with Crippen molar-refractivity contribution in [1.82, 2.24) is 0 Å². The summed E-state index contributed by atoms with van der Waals surface area (Å²) in [6.45, 7) is 12.7. The maximum absolute atomic E-state index is 3.96. The lowest BCUT2D eigenvalue weighted by molar-refractivity contribution is 0.854. The van der Waals surface area contributed by atoms with Gasteiger partial charge in [0, 0.05) is 0 Å². The molecular formula is C15H22. The molecule has 0 N–H and O–H groups in total. The standard InChI is InChI=1S/C15H22/c1-11(2)6-8-15-10-14(12(3)4)9-7-13(15)5/h7,9-10,12H,1,6,8H2,2-5H3. The Bertz CT molecular complexity index is 345. The van der Waals surface area contributed by atoms with E-state index in [1.165, 1.54) is 22.3 Å². The van der Waals surface area contributed by atoms with Crippen molar-refractivity contribution in [2.75, 3.05) is 0 Å². The highest BCUT2D eigenvalue weighted by Gasteiger charge is 2.03. The van der Waals surface area contributed by atoms with E-state index in [2.05, 4.69) is 52.5 Å². The Morgan fingerprint density at radius 3 is 2.53 bits per heavy atom. The first kappa shape index (κ1) is 12.0. The molecule has 0 heterocycles. The van der Waals surface area contributed by atoms with Gasteiger partial charge in [-0.1, -0.05) is 37.6 Å². The lowest BCUT2D eigenvalue weighted by Gasteiger charge is -2.11. The summed E-state index contributed by atoms with van der Waals surface area (Å²) in [6, 6.07) is 6.83. The summed E-state index contributed by atoms with van der Waals surface area (Å²) >= 11 is 0. The highest BCUT2D eigenvalue weighted by Crippen LogP contribution is 2.20. The second-order valence-corrected chi connectivity index (χ2v) is 4.80. The Kier molecular flexibility index (Phi) is 4.14. The third kappa shape index (κ3) is 3.54. The SMILES string of the molecule is C=C(C)CCc1cc(C(C)C)ccc1C. The van der Waals surface area contributed by atoms with Gasteiger partial charge >= 0.3 is 0 Å². The van der Waals surface area contributed by atoms with Gasteiger partial charge in [0.1, 0.15) is 0 Å². The van der Waals surface area contributed by atoms with E-state index in [0.717, 1.165) is 12.8 Å². The zero-order valence-corrected chi connectivity index (χ0v) is 10.4. The lowest BCUT2D eigenvalue weighted by atomic mass is 9.95. The van der Waals surface area contributed by atoms with Gasteiger partial charge in [-0.15, -0.1) is 6.58 Å². The van der Waals surface area contributed by atoms with Gasteiger partial charge in [0.15, 0.2) is 0 Å². The quantitative estimate of drug-likeness (QED) is 0.625. The van der Waals surface area contributed by atoms with Crippen molar-refractivity contribution < 1.29 is 0 Å². The fourth-order valence-electron chi connectivity index (χ4n) is 1.67. The molecule has 0 heteroatoms. The van der Waals surface area contributed by atoms with Crippen molar-refractivity contribution in [3.8, 4) is 0 Å². The van der Waals surface area contributed by atoms with Gasteiger partial charge in [0.05, 0.1) is 0 Å². The third-order valence-electron chi connectivity index (χ3n) is 2.86. The monoisotopic (exact) mass is 202 g/mol. The molecule has 1 aromatic rings. The highest BCUT2D eigenvalue weighted by atomic mass is 14.1. The molecule has 0 atom stereocenters. The molecule has 0 saturated heterocycles. The van der Waals surface area contributed by atoms with Crippen molar-refractivity contribution >= 4 is 0 Å². The summed E-state index contributed by atoms with van der Waals surface area (Å²) < 4.78 is 0. The Morgan fingerprint density at radius 1 is 1.33 bits per heavy atom. The Balaban J connectivity index is 2.85.